The molecule has 2 aromatic rings. The molecule has 2 aliphatic heterocycles. The van der Waals surface area contributed by atoms with Gasteiger partial charge in [-0.1, -0.05) is 18.2 Å². The standard InChI is InChI=1S/C26H32N2O5/c1-17-6-4-8-22(18(17)2)28-15-20(13-25(28)29)26(30)27-14-19-9-10-23(24(12-19)31-3)33-16-21-7-5-11-32-21/h4,6,8-10,12,20-21H,5,7,11,13-16H2,1-3H3,(H,27,30). The highest BCUT2D eigenvalue weighted by atomic mass is 16.5. The molecule has 0 saturated carbocycles. The fraction of sp³-hybridized carbons (Fsp3) is 0.462. The summed E-state index contributed by atoms with van der Waals surface area (Å²) in [5.41, 5.74) is 3.99. The lowest BCUT2D eigenvalue weighted by Gasteiger charge is -2.20. The highest BCUT2D eigenvalue weighted by Gasteiger charge is 2.35. The monoisotopic (exact) mass is 452 g/mol. The Morgan fingerprint density at radius 1 is 1.21 bits per heavy atom. The van der Waals surface area contributed by atoms with Gasteiger partial charge in [0.15, 0.2) is 11.5 Å². The van der Waals surface area contributed by atoms with E-state index in [1.807, 2.05) is 50.2 Å². The summed E-state index contributed by atoms with van der Waals surface area (Å²) in [6, 6.07) is 11.5. The Morgan fingerprint density at radius 3 is 2.82 bits per heavy atom. The Hall–Kier alpha value is -3.06. The van der Waals surface area contributed by atoms with Crippen LogP contribution in [0, 0.1) is 19.8 Å². The first kappa shape index (κ1) is 23.1. The molecule has 176 valence electrons. The highest BCUT2D eigenvalue weighted by Crippen LogP contribution is 2.31. The number of ether oxygens (including phenoxy) is 3. The van der Waals surface area contributed by atoms with E-state index in [1.165, 1.54) is 0 Å². The van der Waals surface area contributed by atoms with E-state index >= 15 is 0 Å². The van der Waals surface area contributed by atoms with Crippen LogP contribution in [0.5, 0.6) is 11.5 Å². The minimum Gasteiger partial charge on any atom is -0.493 e. The number of carbonyl (C=O) groups is 2. The number of hydrogen-bond acceptors (Lipinski definition) is 5. The van der Waals surface area contributed by atoms with Gasteiger partial charge in [0.1, 0.15) is 6.61 Å². The number of rotatable bonds is 8. The summed E-state index contributed by atoms with van der Waals surface area (Å²) in [6.07, 6.45) is 2.43. The third kappa shape index (κ3) is 5.30. The highest BCUT2D eigenvalue weighted by molar-refractivity contribution is 6.00. The van der Waals surface area contributed by atoms with Gasteiger partial charge < -0.3 is 24.4 Å². The molecule has 7 nitrogen and oxygen atoms in total. The molecule has 2 heterocycles. The summed E-state index contributed by atoms with van der Waals surface area (Å²) in [6.45, 7) is 6.07. The third-order valence-corrected chi connectivity index (χ3v) is 6.51. The molecule has 0 bridgehead atoms. The van der Waals surface area contributed by atoms with Crippen LogP contribution in [0.2, 0.25) is 0 Å². The predicted octanol–water partition coefficient (Wildman–Crippen LogP) is 3.54. The first-order valence-electron chi connectivity index (χ1n) is 11.5. The van der Waals surface area contributed by atoms with E-state index in [4.69, 9.17) is 14.2 Å². The van der Waals surface area contributed by atoms with Crippen LogP contribution in [-0.2, 0) is 20.9 Å². The molecular weight excluding hydrogens is 420 g/mol. The van der Waals surface area contributed by atoms with E-state index in [2.05, 4.69) is 5.32 Å². The number of aryl methyl sites for hydroxylation is 1. The van der Waals surface area contributed by atoms with Crippen LogP contribution < -0.4 is 19.7 Å². The largest absolute Gasteiger partial charge is 0.493 e. The van der Waals surface area contributed by atoms with Crippen molar-refractivity contribution in [3.05, 3.63) is 53.1 Å². The second kappa shape index (κ2) is 10.3. The maximum atomic E-state index is 12.8. The topological polar surface area (TPSA) is 77.1 Å². The number of methoxy groups -OCH3 is 1. The quantitative estimate of drug-likeness (QED) is 0.663. The van der Waals surface area contributed by atoms with Crippen LogP contribution in [0.25, 0.3) is 0 Å². The third-order valence-electron chi connectivity index (χ3n) is 6.51. The lowest BCUT2D eigenvalue weighted by Crippen LogP contribution is -2.32. The van der Waals surface area contributed by atoms with Gasteiger partial charge in [0.25, 0.3) is 0 Å². The Bertz CT molecular complexity index is 1020. The predicted molar refractivity (Wildman–Crippen MR) is 126 cm³/mol. The van der Waals surface area contributed by atoms with Crippen molar-refractivity contribution in [1.82, 2.24) is 5.32 Å². The Balaban J connectivity index is 1.33. The first-order chi connectivity index (χ1) is 16.0. The number of nitrogens with one attached hydrogen (secondary N) is 1. The molecule has 0 aromatic heterocycles. The fourth-order valence-corrected chi connectivity index (χ4v) is 4.38. The molecule has 1 N–H and O–H groups in total. The van der Waals surface area contributed by atoms with Gasteiger partial charge in [0, 0.05) is 31.8 Å². The molecule has 2 amide bonds. The van der Waals surface area contributed by atoms with Crippen LogP contribution in [0.1, 0.15) is 36.0 Å². The van der Waals surface area contributed by atoms with Crippen molar-refractivity contribution in [2.24, 2.45) is 5.92 Å². The summed E-state index contributed by atoms with van der Waals surface area (Å²) >= 11 is 0. The van der Waals surface area contributed by atoms with E-state index in [0.29, 0.717) is 31.2 Å². The number of carbonyl (C=O) groups excluding carboxylic acids is 2. The van der Waals surface area contributed by atoms with E-state index in [9.17, 15) is 9.59 Å². The van der Waals surface area contributed by atoms with E-state index in [0.717, 1.165) is 41.8 Å². The zero-order valence-corrected chi connectivity index (χ0v) is 19.6. The molecule has 4 rings (SSSR count). The lowest BCUT2D eigenvalue weighted by molar-refractivity contribution is -0.126. The molecule has 2 saturated heterocycles. The Kier molecular flexibility index (Phi) is 7.18. The van der Waals surface area contributed by atoms with Crippen molar-refractivity contribution in [2.45, 2.75) is 45.8 Å². The molecule has 0 spiro atoms. The molecule has 2 fully saturated rings. The smallest absolute Gasteiger partial charge is 0.227 e. The van der Waals surface area contributed by atoms with Gasteiger partial charge in [-0.25, -0.2) is 0 Å². The van der Waals surface area contributed by atoms with Gasteiger partial charge in [-0.05, 0) is 61.6 Å². The molecular formula is C26H32N2O5. The van der Waals surface area contributed by atoms with Crippen LogP contribution in [0.3, 0.4) is 0 Å². The maximum absolute atomic E-state index is 12.8. The molecule has 33 heavy (non-hydrogen) atoms. The van der Waals surface area contributed by atoms with Crippen molar-refractivity contribution in [1.29, 1.82) is 0 Å². The van der Waals surface area contributed by atoms with Crippen LogP contribution in [0.15, 0.2) is 36.4 Å². The molecule has 2 unspecified atom stereocenters. The van der Waals surface area contributed by atoms with E-state index in [1.54, 1.807) is 12.0 Å². The van der Waals surface area contributed by atoms with E-state index in [-0.39, 0.29) is 30.3 Å². The Morgan fingerprint density at radius 2 is 2.06 bits per heavy atom. The second-order valence-corrected chi connectivity index (χ2v) is 8.77. The molecule has 2 aliphatic rings. The zero-order valence-electron chi connectivity index (χ0n) is 19.6. The average molecular weight is 453 g/mol. The van der Waals surface area contributed by atoms with Crippen molar-refractivity contribution in [2.75, 3.05) is 31.8 Å². The molecule has 2 atom stereocenters. The average Bonchev–Trinajstić information content (AvgIpc) is 3.48. The summed E-state index contributed by atoms with van der Waals surface area (Å²) in [4.78, 5) is 27.1. The van der Waals surface area contributed by atoms with Crippen molar-refractivity contribution in [3.8, 4) is 11.5 Å². The summed E-state index contributed by atoms with van der Waals surface area (Å²) in [5.74, 6) is 0.783. The lowest BCUT2D eigenvalue weighted by atomic mass is 10.1. The second-order valence-electron chi connectivity index (χ2n) is 8.77. The molecule has 2 aromatic carbocycles. The van der Waals surface area contributed by atoms with Crippen LogP contribution >= 0.6 is 0 Å². The number of hydrogen-bond donors (Lipinski definition) is 1. The minimum absolute atomic E-state index is 0.0155. The number of nitrogens with zero attached hydrogens (tertiary/aromatic N) is 1. The normalized spacial score (nSPS) is 20.2. The minimum atomic E-state index is -0.367. The summed E-state index contributed by atoms with van der Waals surface area (Å²) in [7, 11) is 1.60. The number of benzene rings is 2. The van der Waals surface area contributed by atoms with Crippen molar-refractivity contribution < 1.29 is 23.8 Å². The maximum Gasteiger partial charge on any atom is 0.227 e. The fourth-order valence-electron chi connectivity index (χ4n) is 4.38. The zero-order chi connectivity index (χ0) is 23.4. The van der Waals surface area contributed by atoms with Gasteiger partial charge in [0.2, 0.25) is 11.8 Å². The van der Waals surface area contributed by atoms with Crippen molar-refractivity contribution >= 4 is 17.5 Å². The van der Waals surface area contributed by atoms with Gasteiger partial charge >= 0.3 is 0 Å². The van der Waals surface area contributed by atoms with Gasteiger partial charge in [-0.2, -0.15) is 0 Å². The first-order valence-corrected chi connectivity index (χ1v) is 11.5. The van der Waals surface area contributed by atoms with Gasteiger partial charge in [-0.15, -0.1) is 0 Å². The molecule has 7 heteroatoms. The van der Waals surface area contributed by atoms with Crippen LogP contribution in [-0.4, -0.2) is 44.8 Å². The summed E-state index contributed by atoms with van der Waals surface area (Å²) in [5, 5.41) is 2.97. The SMILES string of the molecule is COc1cc(CNC(=O)C2CC(=O)N(c3cccc(C)c3C)C2)ccc1OCC1CCCO1. The van der Waals surface area contributed by atoms with Crippen LogP contribution in [0.4, 0.5) is 5.69 Å². The van der Waals surface area contributed by atoms with Gasteiger partial charge in [0.05, 0.1) is 19.1 Å². The molecule has 0 aliphatic carbocycles. The number of amides is 2. The van der Waals surface area contributed by atoms with E-state index < -0.39 is 0 Å². The Labute approximate surface area is 195 Å². The van der Waals surface area contributed by atoms with Crippen molar-refractivity contribution in [3.63, 3.8) is 0 Å². The molecule has 0 radical (unpaired) electrons. The van der Waals surface area contributed by atoms with Gasteiger partial charge in [-0.3, -0.25) is 9.59 Å². The number of anilines is 1. The summed E-state index contributed by atoms with van der Waals surface area (Å²) < 4.78 is 17.0.